The third kappa shape index (κ3) is 46.5. The van der Waals surface area contributed by atoms with Crippen molar-refractivity contribution in [2.75, 3.05) is 0 Å². The molecule has 0 bridgehead atoms. The van der Waals surface area contributed by atoms with Crippen LogP contribution in [0.3, 0.4) is 0 Å². The molecule has 0 rings (SSSR count). The van der Waals surface area contributed by atoms with Gasteiger partial charge in [0.2, 0.25) is 0 Å². The Balaban J connectivity index is -0.000000704. The van der Waals surface area contributed by atoms with Crippen molar-refractivity contribution in [3.05, 3.63) is 0 Å². The topological polar surface area (TPSA) is 86.2 Å². The summed E-state index contributed by atoms with van der Waals surface area (Å²) in [5, 5.41) is 0. The van der Waals surface area contributed by atoms with E-state index in [1.165, 1.54) is 107 Å². The Bertz CT molecular complexity index is 254. The fraction of sp³-hybridized carbons (Fsp3) is 1.00. The molecule has 0 aliphatic heterocycles. The normalized spacial score (nSPS) is 10.7. The zero-order valence-electron chi connectivity index (χ0n) is 16.5. The van der Waals surface area contributed by atoms with Crippen molar-refractivity contribution >= 4 is 32.5 Å². The van der Waals surface area contributed by atoms with E-state index in [0.717, 1.165) is 0 Å². The smallest absolute Gasteiger partial charge is 0.822 e. The molecule has 2 radical (unpaired) electrons. The number of hydrogen-bond acceptors (Lipinski definition) is 4. The maximum absolute atomic E-state index is 8.55. The van der Waals surface area contributed by atoms with E-state index in [1.54, 1.807) is 24.7 Å². The Kier molecular flexibility index (Phi) is 34.4. The van der Waals surface area contributed by atoms with Gasteiger partial charge in [-0.25, -0.2) is 0 Å². The van der Waals surface area contributed by atoms with Crippen LogP contribution >= 0.6 is 7.82 Å². The molecule has 0 heterocycles. The Morgan fingerprint density at radius 2 is 0.800 bits per heavy atom. The zero-order chi connectivity index (χ0) is 18.5. The number of rotatable bonds is 16. The monoisotopic (exact) mass is 596 g/mol. The standard InChI is InChI=1S/C18H37.Bi.K.H3O4P/c1-3-5-7-9-11-13-15-17-18-16-14-12-10-8-6-4-2;;;1-5(2,3)4/h1,3-18H2,2H3;;;(H3,1,2,3,4)/q;+2;+1;/p-3. The Morgan fingerprint density at radius 1 is 0.600 bits per heavy atom. The van der Waals surface area contributed by atoms with Crippen LogP contribution in [0.5, 0.6) is 0 Å². The summed E-state index contributed by atoms with van der Waals surface area (Å²) >= 11 is 1.59. The molecule has 25 heavy (non-hydrogen) atoms. The van der Waals surface area contributed by atoms with Crippen LogP contribution in [0.25, 0.3) is 0 Å². The van der Waals surface area contributed by atoms with Crippen LogP contribution in [0.2, 0.25) is 4.13 Å². The molecule has 0 aromatic rings. The first kappa shape index (κ1) is 32.3. The van der Waals surface area contributed by atoms with E-state index in [1.807, 2.05) is 0 Å². The van der Waals surface area contributed by atoms with Gasteiger partial charge in [-0.2, -0.15) is 7.82 Å². The van der Waals surface area contributed by atoms with E-state index in [4.69, 9.17) is 19.2 Å². The van der Waals surface area contributed by atoms with Gasteiger partial charge in [-0.15, -0.1) is 0 Å². The molecule has 0 fully saturated rings. The van der Waals surface area contributed by atoms with E-state index >= 15 is 0 Å². The van der Waals surface area contributed by atoms with Crippen LogP contribution in [0.1, 0.15) is 110 Å². The molecule has 0 aromatic carbocycles. The zero-order valence-corrected chi connectivity index (χ0v) is 24.0. The summed E-state index contributed by atoms with van der Waals surface area (Å²) in [4.78, 5) is 25.6. The number of unbranched alkanes of at least 4 members (excludes halogenated alkanes) is 15. The van der Waals surface area contributed by atoms with Gasteiger partial charge in [0.1, 0.15) is 0 Å². The van der Waals surface area contributed by atoms with Gasteiger partial charge in [-0.1, -0.05) is 39.0 Å². The van der Waals surface area contributed by atoms with Crippen LogP contribution in [0.4, 0.5) is 0 Å². The van der Waals surface area contributed by atoms with E-state index in [0.29, 0.717) is 0 Å². The van der Waals surface area contributed by atoms with Crippen molar-refractivity contribution in [1.82, 2.24) is 0 Å². The van der Waals surface area contributed by atoms with E-state index in [2.05, 4.69) is 6.92 Å². The second kappa shape index (κ2) is 26.6. The van der Waals surface area contributed by atoms with Crippen molar-refractivity contribution in [3.63, 3.8) is 0 Å². The quantitative estimate of drug-likeness (QED) is 0.151. The summed E-state index contributed by atoms with van der Waals surface area (Å²) in [6.07, 6.45) is 23.7. The number of hydrogen-bond donors (Lipinski definition) is 0. The number of phosphoric acid groups is 1. The van der Waals surface area contributed by atoms with Crippen LogP contribution in [0, 0.1) is 0 Å². The van der Waals surface area contributed by atoms with Crippen molar-refractivity contribution in [1.29, 1.82) is 0 Å². The summed E-state index contributed by atoms with van der Waals surface area (Å²) in [6, 6.07) is 0. The molecule has 4 nitrogen and oxygen atoms in total. The van der Waals surface area contributed by atoms with Crippen molar-refractivity contribution < 1.29 is 70.6 Å². The molecule has 0 spiro atoms. The average Bonchev–Trinajstić information content (AvgIpc) is 2.49. The molecule has 0 saturated heterocycles. The molecule has 0 aliphatic carbocycles. The maximum Gasteiger partial charge on any atom is 1.00 e. The van der Waals surface area contributed by atoms with Crippen LogP contribution in [0.15, 0.2) is 0 Å². The third-order valence-corrected chi connectivity index (χ3v) is 5.24. The molecule has 0 aliphatic rings. The van der Waals surface area contributed by atoms with E-state index in [9.17, 15) is 0 Å². The third-order valence-electron chi connectivity index (χ3n) is 4.01. The molecule has 0 N–H and O–H groups in total. The Morgan fingerprint density at radius 3 is 1.00 bits per heavy atom. The van der Waals surface area contributed by atoms with Gasteiger partial charge in [0.05, 0.1) is 0 Å². The fourth-order valence-electron chi connectivity index (χ4n) is 2.66. The van der Waals surface area contributed by atoms with Crippen molar-refractivity contribution in [2.24, 2.45) is 0 Å². The van der Waals surface area contributed by atoms with Crippen molar-refractivity contribution in [3.8, 4) is 0 Å². The first-order chi connectivity index (χ1) is 11.4. The summed E-state index contributed by atoms with van der Waals surface area (Å²) in [5.41, 5.74) is 0. The summed E-state index contributed by atoms with van der Waals surface area (Å²) in [7, 11) is -5.39. The molecule has 0 aromatic heterocycles. The molecule has 0 saturated carbocycles. The maximum atomic E-state index is 8.55. The van der Waals surface area contributed by atoms with Gasteiger partial charge in [0.25, 0.3) is 0 Å². The van der Waals surface area contributed by atoms with Crippen LogP contribution < -0.4 is 66.1 Å². The first-order valence-electron chi connectivity index (χ1n) is 9.75. The summed E-state index contributed by atoms with van der Waals surface area (Å²) in [6.45, 7) is 2.30. The molecule has 0 atom stereocenters. The van der Waals surface area contributed by atoms with Gasteiger partial charge in [-0.3, -0.25) is 0 Å². The van der Waals surface area contributed by atoms with Gasteiger partial charge >= 0.3 is 151 Å². The van der Waals surface area contributed by atoms with E-state index < -0.39 is 7.82 Å². The Labute approximate surface area is 214 Å². The van der Waals surface area contributed by atoms with Gasteiger partial charge < -0.3 is 19.2 Å². The predicted octanol–water partition coefficient (Wildman–Crippen LogP) is 1.01. The molecule has 0 amide bonds. The summed E-state index contributed by atoms with van der Waals surface area (Å²) in [5.74, 6) is 0. The van der Waals surface area contributed by atoms with Gasteiger partial charge in [0.15, 0.2) is 0 Å². The molecule has 7 heteroatoms. The minimum absolute atomic E-state index is 0. The molecule has 144 valence electrons. The first-order valence-corrected chi connectivity index (χ1v) is 13.7. The fourth-order valence-corrected chi connectivity index (χ4v) is 3.53. The SMILES string of the molecule is CCCCCCCCCCCCCCCCC[CH2][Bi+2].O=P([O-])([O-])[O-].[K+]. The van der Waals surface area contributed by atoms with Gasteiger partial charge in [0, 0.05) is 0 Å². The largest absolute Gasteiger partial charge is 1.00 e. The minimum Gasteiger partial charge on any atom is -0.822 e. The molecular formula is C18H37BiKO4P. The Hall–Kier alpha value is 2.63. The second-order valence-electron chi connectivity index (χ2n) is 6.47. The van der Waals surface area contributed by atoms with E-state index in [-0.39, 0.29) is 51.4 Å². The van der Waals surface area contributed by atoms with Gasteiger partial charge in [-0.05, 0) is 0 Å². The predicted molar refractivity (Wildman–Crippen MR) is 97.7 cm³/mol. The average molecular weight is 597 g/mol. The molecule has 0 unspecified atom stereocenters. The molecular weight excluding hydrogens is 559 g/mol. The second-order valence-corrected chi connectivity index (χ2v) is 9.11. The van der Waals surface area contributed by atoms with Crippen molar-refractivity contribution in [2.45, 2.75) is 114 Å². The van der Waals surface area contributed by atoms with Crippen LogP contribution in [-0.2, 0) is 4.57 Å². The summed E-state index contributed by atoms with van der Waals surface area (Å²) < 4.78 is 10.0. The minimum atomic E-state index is -5.39. The van der Waals surface area contributed by atoms with Crippen LogP contribution in [-0.4, -0.2) is 24.7 Å².